The average Bonchev–Trinajstić information content (AvgIpc) is 2.91. The summed E-state index contributed by atoms with van der Waals surface area (Å²) >= 11 is 12.1. The maximum Gasteiger partial charge on any atom is 0.411 e. The SMILES string of the molecule is O=C(Oc1ccc(C(c2ccc(OC(=O)c3ccccc3)c(Cl)c2)(C(F)(F)F)C(F)(F)F)cc1Cl)c1ccccc1. The molecule has 0 aliphatic heterocycles. The number of alkyl halides is 6. The maximum absolute atomic E-state index is 14.6. The second kappa shape index (κ2) is 11.5. The third-order valence-corrected chi connectivity index (χ3v) is 6.60. The summed E-state index contributed by atoms with van der Waals surface area (Å²) in [6, 6.07) is 18.3. The zero-order chi connectivity index (χ0) is 30.0. The lowest BCUT2D eigenvalue weighted by molar-refractivity contribution is -0.288. The lowest BCUT2D eigenvalue weighted by Gasteiger charge is -2.38. The van der Waals surface area contributed by atoms with Crippen molar-refractivity contribution in [1.29, 1.82) is 0 Å². The van der Waals surface area contributed by atoms with Crippen molar-refractivity contribution in [2.24, 2.45) is 0 Å². The van der Waals surface area contributed by atoms with Gasteiger partial charge in [-0.1, -0.05) is 71.7 Å². The minimum absolute atomic E-state index is 0.0790. The molecular weight excluding hydrogens is 597 g/mol. The van der Waals surface area contributed by atoms with Crippen molar-refractivity contribution in [3.8, 4) is 11.5 Å². The third-order valence-electron chi connectivity index (χ3n) is 6.00. The van der Waals surface area contributed by atoms with Gasteiger partial charge in [-0.15, -0.1) is 0 Å². The Morgan fingerprint density at radius 3 is 1.17 bits per heavy atom. The Morgan fingerprint density at radius 2 is 0.878 bits per heavy atom. The molecule has 0 spiro atoms. The minimum atomic E-state index is -5.96. The van der Waals surface area contributed by atoms with Crippen LogP contribution in [0.25, 0.3) is 0 Å². The van der Waals surface area contributed by atoms with Gasteiger partial charge in [0.25, 0.3) is 0 Å². The first-order valence-corrected chi connectivity index (χ1v) is 12.3. The molecule has 0 aromatic heterocycles. The maximum atomic E-state index is 14.6. The fraction of sp³-hybridized carbons (Fsp3) is 0.103. The summed E-state index contributed by atoms with van der Waals surface area (Å²) in [5, 5.41) is -1.35. The van der Waals surface area contributed by atoms with E-state index in [-0.39, 0.29) is 11.1 Å². The van der Waals surface area contributed by atoms with Crippen LogP contribution in [0.1, 0.15) is 31.8 Å². The Hall–Kier alpha value is -4.02. The van der Waals surface area contributed by atoms with Crippen molar-refractivity contribution in [3.63, 3.8) is 0 Å². The first-order chi connectivity index (χ1) is 19.3. The Morgan fingerprint density at radius 1 is 0.537 bits per heavy atom. The zero-order valence-electron chi connectivity index (χ0n) is 20.4. The zero-order valence-corrected chi connectivity index (χ0v) is 21.9. The summed E-state index contributed by atoms with van der Waals surface area (Å²) in [5.74, 6) is -2.76. The monoisotopic (exact) mass is 612 g/mol. The van der Waals surface area contributed by atoms with Crippen molar-refractivity contribution in [3.05, 3.63) is 129 Å². The molecule has 212 valence electrons. The fourth-order valence-electron chi connectivity index (χ4n) is 4.08. The Labute approximate surface area is 239 Å². The van der Waals surface area contributed by atoms with Crippen molar-refractivity contribution < 1.29 is 45.4 Å². The highest BCUT2D eigenvalue weighted by Crippen LogP contribution is 2.57. The molecule has 0 aliphatic carbocycles. The predicted octanol–water partition coefficient (Wildman–Crippen LogP) is 8.84. The number of rotatable bonds is 6. The van der Waals surface area contributed by atoms with Crippen LogP contribution in [0.5, 0.6) is 11.5 Å². The van der Waals surface area contributed by atoms with Crippen molar-refractivity contribution in [2.45, 2.75) is 17.8 Å². The number of halogens is 8. The van der Waals surface area contributed by atoms with E-state index in [4.69, 9.17) is 32.7 Å². The number of esters is 2. The quantitative estimate of drug-likeness (QED) is 0.124. The van der Waals surface area contributed by atoms with Gasteiger partial charge in [0.05, 0.1) is 21.2 Å². The highest BCUT2D eigenvalue weighted by Gasteiger charge is 2.72. The molecule has 0 fully saturated rings. The lowest BCUT2D eigenvalue weighted by Crippen LogP contribution is -2.54. The summed E-state index contributed by atoms with van der Waals surface area (Å²) in [4.78, 5) is 24.7. The normalized spacial score (nSPS) is 12.1. The second-order valence-corrected chi connectivity index (χ2v) is 9.36. The average molecular weight is 613 g/mol. The molecule has 0 amide bonds. The van der Waals surface area contributed by atoms with Crippen LogP contribution in [0.2, 0.25) is 10.0 Å². The van der Waals surface area contributed by atoms with Crippen LogP contribution >= 0.6 is 23.2 Å². The van der Waals surface area contributed by atoms with Gasteiger partial charge in [0.1, 0.15) is 11.5 Å². The van der Waals surface area contributed by atoms with E-state index in [9.17, 15) is 35.9 Å². The fourth-order valence-corrected chi connectivity index (χ4v) is 4.52. The highest BCUT2D eigenvalue weighted by atomic mass is 35.5. The van der Waals surface area contributed by atoms with E-state index >= 15 is 0 Å². The van der Waals surface area contributed by atoms with Gasteiger partial charge in [0.2, 0.25) is 5.41 Å². The summed E-state index contributed by atoms with van der Waals surface area (Å²) in [5.41, 5.74) is -7.08. The number of ether oxygens (including phenoxy) is 2. The molecule has 0 heterocycles. The molecule has 0 atom stereocenters. The topological polar surface area (TPSA) is 52.6 Å². The number of carbonyl (C=O) groups excluding carboxylic acids is 2. The van der Waals surface area contributed by atoms with Crippen LogP contribution in [-0.4, -0.2) is 24.3 Å². The molecule has 0 unspecified atom stereocenters. The summed E-state index contributed by atoms with van der Waals surface area (Å²) in [6.45, 7) is 0. The van der Waals surface area contributed by atoms with E-state index in [1.165, 1.54) is 48.5 Å². The summed E-state index contributed by atoms with van der Waals surface area (Å²) < 4.78 is 97.7. The van der Waals surface area contributed by atoms with Crippen LogP contribution in [-0.2, 0) is 5.41 Å². The molecule has 0 N–H and O–H groups in total. The van der Waals surface area contributed by atoms with E-state index in [1.807, 2.05) is 0 Å². The second-order valence-electron chi connectivity index (χ2n) is 8.55. The molecule has 0 saturated heterocycles. The predicted molar refractivity (Wildman–Crippen MR) is 139 cm³/mol. The standard InChI is InChI=1S/C29H16Cl2F6O4/c30-21-15-19(11-13-23(21)40-25(38)17-7-3-1-4-8-17)27(28(32,33)34,29(35,36)37)20-12-14-24(22(31)16-20)41-26(39)18-9-5-2-6-10-18/h1-16H. The Kier molecular flexibility index (Phi) is 8.37. The van der Waals surface area contributed by atoms with E-state index in [1.54, 1.807) is 12.1 Å². The van der Waals surface area contributed by atoms with Crippen LogP contribution in [0.15, 0.2) is 97.1 Å². The first kappa shape index (κ1) is 30.0. The minimum Gasteiger partial charge on any atom is -0.421 e. The molecule has 4 nitrogen and oxygen atoms in total. The first-order valence-electron chi connectivity index (χ1n) is 11.5. The van der Waals surface area contributed by atoms with Gasteiger partial charge in [-0.05, 0) is 59.7 Å². The van der Waals surface area contributed by atoms with Gasteiger partial charge >= 0.3 is 24.3 Å². The molecule has 0 aliphatic rings. The number of hydrogen-bond acceptors (Lipinski definition) is 4. The van der Waals surface area contributed by atoms with Gasteiger partial charge in [-0.3, -0.25) is 0 Å². The summed E-state index contributed by atoms with van der Waals surface area (Å²) in [6.07, 6.45) is -11.9. The summed E-state index contributed by atoms with van der Waals surface area (Å²) in [7, 11) is 0. The van der Waals surface area contributed by atoms with Crippen LogP contribution < -0.4 is 9.47 Å². The molecule has 4 aromatic carbocycles. The lowest BCUT2D eigenvalue weighted by atomic mass is 9.73. The Balaban J connectivity index is 1.77. The smallest absolute Gasteiger partial charge is 0.411 e. The molecule has 4 aromatic rings. The van der Waals surface area contributed by atoms with E-state index < -0.39 is 62.4 Å². The molecule has 4 rings (SSSR count). The van der Waals surface area contributed by atoms with E-state index in [0.717, 1.165) is 12.1 Å². The number of hydrogen-bond donors (Lipinski definition) is 0. The van der Waals surface area contributed by atoms with Crippen LogP contribution in [0, 0.1) is 0 Å². The molecule has 0 radical (unpaired) electrons. The molecule has 0 bridgehead atoms. The van der Waals surface area contributed by atoms with Crippen molar-refractivity contribution >= 4 is 35.1 Å². The molecule has 41 heavy (non-hydrogen) atoms. The number of carbonyl (C=O) groups is 2. The van der Waals surface area contributed by atoms with Gasteiger partial charge in [-0.2, -0.15) is 26.3 Å². The van der Waals surface area contributed by atoms with Crippen LogP contribution in [0.4, 0.5) is 26.3 Å². The van der Waals surface area contributed by atoms with Gasteiger partial charge in [-0.25, -0.2) is 9.59 Å². The Bertz CT molecular complexity index is 1450. The highest BCUT2D eigenvalue weighted by molar-refractivity contribution is 6.32. The number of benzene rings is 4. The van der Waals surface area contributed by atoms with E-state index in [2.05, 4.69) is 0 Å². The molecule has 12 heteroatoms. The van der Waals surface area contributed by atoms with Gasteiger partial charge < -0.3 is 9.47 Å². The molecular formula is C29H16Cl2F6O4. The van der Waals surface area contributed by atoms with Crippen molar-refractivity contribution in [2.75, 3.05) is 0 Å². The van der Waals surface area contributed by atoms with Crippen LogP contribution in [0.3, 0.4) is 0 Å². The largest absolute Gasteiger partial charge is 0.421 e. The van der Waals surface area contributed by atoms with Gasteiger partial charge in [0, 0.05) is 0 Å². The molecule has 0 saturated carbocycles. The third kappa shape index (κ3) is 5.89. The van der Waals surface area contributed by atoms with E-state index in [0.29, 0.717) is 24.3 Å². The van der Waals surface area contributed by atoms with Gasteiger partial charge in [0.15, 0.2) is 0 Å². The van der Waals surface area contributed by atoms with Crippen molar-refractivity contribution in [1.82, 2.24) is 0 Å².